The van der Waals surface area contributed by atoms with Gasteiger partial charge in [0.2, 0.25) is 0 Å². The Bertz CT molecular complexity index is 471. The second-order valence-electron chi connectivity index (χ2n) is 6.39. The number of hydrogen-bond donors (Lipinski definition) is 2. The van der Waals surface area contributed by atoms with Crippen LogP contribution in [0.25, 0.3) is 0 Å². The second-order valence-corrected chi connectivity index (χ2v) is 6.39. The molecule has 1 saturated carbocycles. The SMILES string of the molecule is CCc1cc(C(=O)NCC2(C)CCCCC2)cc(NC)n1. The Morgan fingerprint density at radius 2 is 2.00 bits per heavy atom. The summed E-state index contributed by atoms with van der Waals surface area (Å²) in [6.45, 7) is 5.10. The fourth-order valence-electron chi connectivity index (χ4n) is 3.01. The monoisotopic (exact) mass is 289 g/mol. The summed E-state index contributed by atoms with van der Waals surface area (Å²) in [6.07, 6.45) is 7.15. The summed E-state index contributed by atoms with van der Waals surface area (Å²) in [4.78, 5) is 16.8. The molecular formula is C17H27N3O. The molecule has 1 fully saturated rings. The maximum absolute atomic E-state index is 12.4. The molecule has 1 aliphatic carbocycles. The highest BCUT2D eigenvalue weighted by Crippen LogP contribution is 2.34. The summed E-state index contributed by atoms with van der Waals surface area (Å²) in [5.74, 6) is 0.763. The number of hydrogen-bond acceptors (Lipinski definition) is 3. The van der Waals surface area contributed by atoms with E-state index in [4.69, 9.17) is 0 Å². The van der Waals surface area contributed by atoms with Gasteiger partial charge in [0, 0.05) is 24.8 Å². The van der Waals surface area contributed by atoms with Crippen LogP contribution in [0.2, 0.25) is 0 Å². The van der Waals surface area contributed by atoms with Gasteiger partial charge in [-0.15, -0.1) is 0 Å². The van der Waals surface area contributed by atoms with E-state index in [9.17, 15) is 4.79 Å². The molecule has 0 saturated heterocycles. The van der Waals surface area contributed by atoms with Gasteiger partial charge >= 0.3 is 0 Å². The van der Waals surface area contributed by atoms with Crippen molar-refractivity contribution < 1.29 is 4.79 Å². The quantitative estimate of drug-likeness (QED) is 0.873. The van der Waals surface area contributed by atoms with Crippen LogP contribution in [0.1, 0.15) is 62.0 Å². The molecule has 1 amide bonds. The highest BCUT2D eigenvalue weighted by Gasteiger charge is 2.27. The van der Waals surface area contributed by atoms with Gasteiger partial charge in [0.25, 0.3) is 5.91 Å². The fourth-order valence-corrected chi connectivity index (χ4v) is 3.01. The Kier molecular flexibility index (Phi) is 5.21. The summed E-state index contributed by atoms with van der Waals surface area (Å²) < 4.78 is 0. The molecule has 4 nitrogen and oxygen atoms in total. The number of carbonyl (C=O) groups excluding carboxylic acids is 1. The Morgan fingerprint density at radius 3 is 2.62 bits per heavy atom. The van der Waals surface area contributed by atoms with Gasteiger partial charge in [-0.1, -0.05) is 33.1 Å². The van der Waals surface area contributed by atoms with Gasteiger partial charge in [0.05, 0.1) is 0 Å². The van der Waals surface area contributed by atoms with Gasteiger partial charge in [-0.05, 0) is 36.8 Å². The van der Waals surface area contributed by atoms with E-state index < -0.39 is 0 Å². The number of amides is 1. The van der Waals surface area contributed by atoms with E-state index in [0.29, 0.717) is 5.56 Å². The van der Waals surface area contributed by atoms with Crippen LogP contribution in [0.4, 0.5) is 5.82 Å². The van der Waals surface area contributed by atoms with Crippen LogP contribution in [0.15, 0.2) is 12.1 Å². The lowest BCUT2D eigenvalue weighted by atomic mass is 9.76. The molecule has 1 aromatic heterocycles. The van der Waals surface area contributed by atoms with E-state index in [1.165, 1.54) is 32.1 Å². The Balaban J connectivity index is 2.02. The largest absolute Gasteiger partial charge is 0.373 e. The van der Waals surface area contributed by atoms with E-state index >= 15 is 0 Å². The summed E-state index contributed by atoms with van der Waals surface area (Å²) in [5.41, 5.74) is 1.90. The molecule has 0 bridgehead atoms. The van der Waals surface area contributed by atoms with Gasteiger partial charge in [-0.2, -0.15) is 0 Å². The van der Waals surface area contributed by atoms with Crippen molar-refractivity contribution in [1.82, 2.24) is 10.3 Å². The Labute approximate surface area is 127 Å². The summed E-state index contributed by atoms with van der Waals surface area (Å²) >= 11 is 0. The van der Waals surface area contributed by atoms with Crippen LogP contribution < -0.4 is 10.6 Å². The summed E-state index contributed by atoms with van der Waals surface area (Å²) in [7, 11) is 1.83. The third-order valence-corrected chi connectivity index (χ3v) is 4.50. The number of rotatable bonds is 5. The zero-order valence-electron chi connectivity index (χ0n) is 13.5. The van der Waals surface area contributed by atoms with Gasteiger partial charge in [0.15, 0.2) is 0 Å². The highest BCUT2D eigenvalue weighted by molar-refractivity contribution is 5.95. The van der Waals surface area contributed by atoms with Crippen LogP contribution in [0, 0.1) is 5.41 Å². The van der Waals surface area contributed by atoms with Crippen molar-refractivity contribution in [3.8, 4) is 0 Å². The van der Waals surface area contributed by atoms with Crippen LogP contribution >= 0.6 is 0 Å². The molecule has 21 heavy (non-hydrogen) atoms. The van der Waals surface area contributed by atoms with Crippen molar-refractivity contribution in [3.05, 3.63) is 23.4 Å². The third-order valence-electron chi connectivity index (χ3n) is 4.50. The predicted octanol–water partition coefficient (Wildman–Crippen LogP) is 3.39. The van der Waals surface area contributed by atoms with E-state index in [-0.39, 0.29) is 11.3 Å². The van der Waals surface area contributed by atoms with Crippen molar-refractivity contribution in [2.45, 2.75) is 52.4 Å². The molecule has 1 heterocycles. The smallest absolute Gasteiger partial charge is 0.251 e. The second kappa shape index (κ2) is 6.92. The normalized spacial score (nSPS) is 17.3. The van der Waals surface area contributed by atoms with Crippen molar-refractivity contribution in [2.24, 2.45) is 5.41 Å². The number of aromatic nitrogens is 1. The van der Waals surface area contributed by atoms with Crippen molar-refractivity contribution in [2.75, 3.05) is 18.9 Å². The van der Waals surface area contributed by atoms with Crippen LogP contribution in [-0.4, -0.2) is 24.5 Å². The molecule has 116 valence electrons. The van der Waals surface area contributed by atoms with Gasteiger partial charge in [-0.25, -0.2) is 4.98 Å². The lowest BCUT2D eigenvalue weighted by molar-refractivity contribution is 0.0919. The molecule has 0 aliphatic heterocycles. The molecule has 0 spiro atoms. The number of anilines is 1. The molecular weight excluding hydrogens is 262 g/mol. The first-order valence-electron chi connectivity index (χ1n) is 8.03. The van der Waals surface area contributed by atoms with Crippen LogP contribution in [0.5, 0.6) is 0 Å². The molecule has 0 aromatic carbocycles. The minimum Gasteiger partial charge on any atom is -0.373 e. The average Bonchev–Trinajstić information content (AvgIpc) is 2.52. The van der Waals surface area contributed by atoms with Crippen LogP contribution in [-0.2, 0) is 6.42 Å². The standard InChI is InChI=1S/C17H27N3O/c1-4-14-10-13(11-15(18-3)20-14)16(21)19-12-17(2)8-6-5-7-9-17/h10-11H,4-9,12H2,1-3H3,(H,18,20)(H,19,21). The zero-order chi connectivity index (χ0) is 15.3. The molecule has 2 N–H and O–H groups in total. The molecule has 0 atom stereocenters. The summed E-state index contributed by atoms with van der Waals surface area (Å²) in [6, 6.07) is 3.71. The van der Waals surface area contributed by atoms with E-state index in [0.717, 1.165) is 24.5 Å². The first kappa shape index (κ1) is 15.8. The number of nitrogens with zero attached hydrogens (tertiary/aromatic N) is 1. The van der Waals surface area contributed by atoms with E-state index in [1.54, 1.807) is 0 Å². The average molecular weight is 289 g/mol. The molecule has 2 rings (SSSR count). The molecule has 0 unspecified atom stereocenters. The maximum Gasteiger partial charge on any atom is 0.251 e. The van der Waals surface area contributed by atoms with Gasteiger partial charge < -0.3 is 10.6 Å². The van der Waals surface area contributed by atoms with E-state index in [2.05, 4.69) is 22.5 Å². The fraction of sp³-hybridized carbons (Fsp3) is 0.647. The zero-order valence-corrected chi connectivity index (χ0v) is 13.5. The van der Waals surface area contributed by atoms with Gasteiger partial charge in [-0.3, -0.25) is 4.79 Å². The van der Waals surface area contributed by atoms with Crippen LogP contribution in [0.3, 0.4) is 0 Å². The number of nitrogens with one attached hydrogen (secondary N) is 2. The highest BCUT2D eigenvalue weighted by atomic mass is 16.1. The van der Waals surface area contributed by atoms with Crippen molar-refractivity contribution in [3.63, 3.8) is 0 Å². The predicted molar refractivity (Wildman–Crippen MR) is 86.7 cm³/mol. The number of aryl methyl sites for hydroxylation is 1. The minimum atomic E-state index is 0.00963. The molecule has 4 heteroatoms. The first-order chi connectivity index (χ1) is 10.1. The first-order valence-corrected chi connectivity index (χ1v) is 8.03. The number of pyridine rings is 1. The van der Waals surface area contributed by atoms with Crippen molar-refractivity contribution >= 4 is 11.7 Å². The van der Waals surface area contributed by atoms with Gasteiger partial charge in [0.1, 0.15) is 5.82 Å². The Hall–Kier alpha value is -1.58. The van der Waals surface area contributed by atoms with E-state index in [1.807, 2.05) is 26.1 Å². The third kappa shape index (κ3) is 4.19. The molecule has 1 aliphatic rings. The Morgan fingerprint density at radius 1 is 1.29 bits per heavy atom. The number of carbonyl (C=O) groups is 1. The lowest BCUT2D eigenvalue weighted by Crippen LogP contribution is -2.37. The summed E-state index contributed by atoms with van der Waals surface area (Å²) in [5, 5.41) is 6.14. The maximum atomic E-state index is 12.4. The molecule has 1 aromatic rings. The minimum absolute atomic E-state index is 0.00963. The lowest BCUT2D eigenvalue weighted by Gasteiger charge is -2.33. The van der Waals surface area contributed by atoms with Crippen molar-refractivity contribution in [1.29, 1.82) is 0 Å². The topological polar surface area (TPSA) is 54.0 Å². The molecule has 0 radical (unpaired) electrons.